The number of hydrogen-bond acceptors (Lipinski definition) is 6. The Bertz CT molecular complexity index is 1880. The number of halogens is 2. The van der Waals surface area contributed by atoms with Gasteiger partial charge in [-0.25, -0.2) is 36.8 Å². The molecule has 1 fully saturated rings. The topological polar surface area (TPSA) is 128 Å². The van der Waals surface area contributed by atoms with E-state index in [4.69, 9.17) is 10.2 Å². The van der Waals surface area contributed by atoms with Crippen molar-refractivity contribution >= 4 is 38.5 Å². The number of benzene rings is 2. The molecule has 2 aromatic carbocycles. The second-order valence-corrected chi connectivity index (χ2v) is 12.8. The van der Waals surface area contributed by atoms with Gasteiger partial charge in [0.05, 0.1) is 22.1 Å². The minimum atomic E-state index is -3.89. The summed E-state index contributed by atoms with van der Waals surface area (Å²) in [5.41, 5.74) is 3.80. The Balaban J connectivity index is 1.73. The van der Waals surface area contributed by atoms with Crippen LogP contribution < -0.4 is 5.14 Å². The first-order valence-electron chi connectivity index (χ1n) is 13.3. The van der Waals surface area contributed by atoms with E-state index in [2.05, 4.69) is 11.6 Å². The van der Waals surface area contributed by atoms with Crippen molar-refractivity contribution < 1.29 is 27.1 Å². The number of rotatable bonds is 11. The SMILES string of the molecule is C=C(/C=C(\C=C(/C)F)c1c(Cc2ccc(S(N)(=O)=O)cc2)c(CC2CC2)nn1-c1nc(C(=O)O)cs1)c1cccc(F)c1. The molecule has 0 unspecified atom stereocenters. The maximum atomic E-state index is 14.7. The maximum Gasteiger partial charge on any atom is 0.355 e. The molecule has 3 N–H and O–H groups in total. The third-order valence-corrected chi connectivity index (χ3v) is 8.67. The van der Waals surface area contributed by atoms with Crippen LogP contribution in [0, 0.1) is 11.7 Å². The summed E-state index contributed by atoms with van der Waals surface area (Å²) in [7, 11) is -3.89. The van der Waals surface area contributed by atoms with Crippen LogP contribution in [0.3, 0.4) is 0 Å². The third kappa shape index (κ3) is 7.22. The van der Waals surface area contributed by atoms with Gasteiger partial charge in [0, 0.05) is 22.9 Å². The van der Waals surface area contributed by atoms with Crippen molar-refractivity contribution in [2.24, 2.45) is 11.1 Å². The molecule has 0 saturated heterocycles. The summed E-state index contributed by atoms with van der Waals surface area (Å²) in [5.74, 6) is -1.74. The number of thiazole rings is 1. The zero-order chi connectivity index (χ0) is 30.9. The lowest BCUT2D eigenvalue weighted by atomic mass is 9.94. The van der Waals surface area contributed by atoms with Crippen LogP contribution in [0.1, 0.15) is 58.3 Å². The van der Waals surface area contributed by atoms with E-state index in [1.54, 1.807) is 30.3 Å². The largest absolute Gasteiger partial charge is 0.476 e. The highest BCUT2D eigenvalue weighted by Crippen LogP contribution is 2.38. The number of nitrogens with two attached hydrogens (primary N) is 1. The molecule has 0 spiro atoms. The quantitative estimate of drug-likeness (QED) is 0.188. The predicted octanol–water partition coefficient (Wildman–Crippen LogP) is 6.33. The van der Waals surface area contributed by atoms with E-state index in [0.717, 1.165) is 41.0 Å². The van der Waals surface area contributed by atoms with Gasteiger partial charge in [0.25, 0.3) is 0 Å². The lowest BCUT2D eigenvalue weighted by Crippen LogP contribution is -2.12. The summed E-state index contributed by atoms with van der Waals surface area (Å²) < 4.78 is 53.9. The van der Waals surface area contributed by atoms with Crippen LogP contribution in [-0.2, 0) is 22.9 Å². The van der Waals surface area contributed by atoms with Crippen LogP contribution in [0.2, 0.25) is 0 Å². The fraction of sp³-hybridized carbons (Fsp3) is 0.194. The van der Waals surface area contributed by atoms with Crippen molar-refractivity contribution in [1.29, 1.82) is 0 Å². The van der Waals surface area contributed by atoms with Crippen LogP contribution in [-0.4, -0.2) is 34.3 Å². The molecule has 12 heteroatoms. The molecule has 5 rings (SSSR count). The Hall–Kier alpha value is -4.26. The van der Waals surface area contributed by atoms with E-state index in [9.17, 15) is 27.1 Å². The summed E-state index contributed by atoms with van der Waals surface area (Å²) in [6, 6.07) is 12.0. The fourth-order valence-electron chi connectivity index (χ4n) is 4.69. The standard InChI is InChI=1S/C31H28F2N4O4S2/c1-18(22-4-3-5-24(33)16-22)12-23(13-19(2)32)29-26(14-20-8-10-25(11-9-20)43(34,40)41)27(15-21-6-7-21)36-37(29)31-35-28(17-42-31)30(38)39/h3-5,8-13,16-17,21H,1,6-7,14-15H2,2H3,(H,38,39)(H2,34,40,41)/b19-13+,23-12+. The van der Waals surface area contributed by atoms with Crippen LogP contribution in [0.5, 0.6) is 0 Å². The first kappa shape index (κ1) is 30.2. The molecular formula is C31H28F2N4O4S2. The normalized spacial score (nSPS) is 14.2. The van der Waals surface area contributed by atoms with E-state index in [1.165, 1.54) is 47.3 Å². The van der Waals surface area contributed by atoms with Gasteiger partial charge >= 0.3 is 5.97 Å². The number of hydrogen-bond donors (Lipinski definition) is 2. The molecule has 0 aliphatic heterocycles. The van der Waals surface area contributed by atoms with Crippen molar-refractivity contribution in [2.75, 3.05) is 0 Å². The molecular weight excluding hydrogens is 594 g/mol. The van der Waals surface area contributed by atoms with Crippen molar-refractivity contribution in [3.05, 3.63) is 118 Å². The van der Waals surface area contributed by atoms with Crippen LogP contribution in [0.15, 0.2) is 83.4 Å². The number of aromatic carboxylic acids is 1. The second-order valence-electron chi connectivity index (χ2n) is 10.4. The minimum absolute atomic E-state index is 0.0303. The van der Waals surface area contributed by atoms with E-state index in [1.807, 2.05) is 0 Å². The summed E-state index contributed by atoms with van der Waals surface area (Å²) in [5, 5.41) is 21.4. The summed E-state index contributed by atoms with van der Waals surface area (Å²) >= 11 is 1.08. The molecule has 222 valence electrons. The molecule has 8 nitrogen and oxygen atoms in total. The summed E-state index contributed by atoms with van der Waals surface area (Å²) in [6.07, 6.45) is 5.95. The van der Waals surface area contributed by atoms with Gasteiger partial charge in [0.2, 0.25) is 15.2 Å². The molecule has 1 aliphatic rings. The molecule has 4 aromatic rings. The van der Waals surface area contributed by atoms with E-state index in [-0.39, 0.29) is 15.7 Å². The van der Waals surface area contributed by atoms with Crippen molar-refractivity contribution in [2.45, 2.75) is 37.5 Å². The molecule has 0 radical (unpaired) electrons. The van der Waals surface area contributed by atoms with Gasteiger partial charge in [-0.15, -0.1) is 11.3 Å². The molecule has 1 saturated carbocycles. The molecule has 2 aromatic heterocycles. The van der Waals surface area contributed by atoms with Gasteiger partial charge in [-0.3, -0.25) is 0 Å². The van der Waals surface area contributed by atoms with Crippen molar-refractivity contribution in [3.8, 4) is 5.13 Å². The zero-order valence-electron chi connectivity index (χ0n) is 23.1. The number of carboxylic acid groups (broad SMARTS) is 1. The number of aromatic nitrogens is 3. The Kier molecular flexibility index (Phi) is 8.54. The average Bonchev–Trinajstić information content (AvgIpc) is 3.49. The maximum absolute atomic E-state index is 14.7. The van der Waals surface area contributed by atoms with Gasteiger partial charge in [-0.05, 0) is 85.2 Å². The Morgan fingerprint density at radius 1 is 1.21 bits per heavy atom. The monoisotopic (exact) mass is 622 g/mol. The molecule has 0 bridgehead atoms. The highest BCUT2D eigenvalue weighted by Gasteiger charge is 2.29. The lowest BCUT2D eigenvalue weighted by Gasteiger charge is -2.12. The van der Waals surface area contributed by atoms with Crippen LogP contribution in [0.25, 0.3) is 16.3 Å². The molecule has 0 atom stereocenters. The number of carboxylic acids is 1. The number of nitrogens with zero attached hydrogens (tertiary/aromatic N) is 3. The third-order valence-electron chi connectivity index (χ3n) is 6.92. The smallest absolute Gasteiger partial charge is 0.355 e. The van der Waals surface area contributed by atoms with E-state index in [0.29, 0.717) is 41.2 Å². The molecule has 2 heterocycles. The van der Waals surface area contributed by atoms with Crippen molar-refractivity contribution in [3.63, 3.8) is 0 Å². The second kappa shape index (κ2) is 12.2. The van der Waals surface area contributed by atoms with Gasteiger partial charge in [-0.2, -0.15) is 5.10 Å². The van der Waals surface area contributed by atoms with E-state index >= 15 is 0 Å². The predicted molar refractivity (Wildman–Crippen MR) is 162 cm³/mol. The van der Waals surface area contributed by atoms with Crippen LogP contribution >= 0.6 is 11.3 Å². The fourth-order valence-corrected chi connectivity index (χ4v) is 5.96. The highest BCUT2D eigenvalue weighted by molar-refractivity contribution is 7.89. The van der Waals surface area contributed by atoms with Gasteiger partial charge in [-0.1, -0.05) is 30.8 Å². The highest BCUT2D eigenvalue weighted by atomic mass is 32.2. The number of primary sulfonamides is 1. The van der Waals surface area contributed by atoms with Crippen LogP contribution in [0.4, 0.5) is 8.78 Å². The first-order valence-corrected chi connectivity index (χ1v) is 15.7. The van der Waals surface area contributed by atoms with Gasteiger partial charge < -0.3 is 5.11 Å². The molecule has 0 amide bonds. The zero-order valence-corrected chi connectivity index (χ0v) is 24.8. The first-order chi connectivity index (χ1) is 20.4. The minimum Gasteiger partial charge on any atom is -0.476 e. The Morgan fingerprint density at radius 2 is 1.93 bits per heavy atom. The summed E-state index contributed by atoms with van der Waals surface area (Å²) in [4.78, 5) is 15.9. The Labute approximate surface area is 251 Å². The molecule has 43 heavy (non-hydrogen) atoms. The van der Waals surface area contributed by atoms with Gasteiger partial charge in [0.15, 0.2) is 5.69 Å². The van der Waals surface area contributed by atoms with Crippen molar-refractivity contribution in [1.82, 2.24) is 14.8 Å². The number of allylic oxidation sites excluding steroid dienone is 5. The number of carbonyl (C=O) groups is 1. The van der Waals surface area contributed by atoms with E-state index < -0.39 is 27.6 Å². The Morgan fingerprint density at radius 3 is 2.51 bits per heavy atom. The average molecular weight is 623 g/mol. The lowest BCUT2D eigenvalue weighted by molar-refractivity contribution is 0.0691. The summed E-state index contributed by atoms with van der Waals surface area (Å²) in [6.45, 7) is 5.39. The van der Waals surface area contributed by atoms with Gasteiger partial charge in [0.1, 0.15) is 5.82 Å². The number of sulfonamides is 1. The molecule has 1 aliphatic carbocycles.